The molecule has 0 aliphatic heterocycles. The molecule has 112 valence electrons. The second kappa shape index (κ2) is 6.73. The van der Waals surface area contributed by atoms with Gasteiger partial charge in [-0.1, -0.05) is 45.0 Å². The van der Waals surface area contributed by atoms with Gasteiger partial charge in [0.05, 0.1) is 12.7 Å². The van der Waals surface area contributed by atoms with Crippen LogP contribution in [0.2, 0.25) is 0 Å². The van der Waals surface area contributed by atoms with Gasteiger partial charge in [-0.2, -0.15) is 0 Å². The highest BCUT2D eigenvalue weighted by molar-refractivity contribution is 5.27. The van der Waals surface area contributed by atoms with Gasteiger partial charge in [0, 0.05) is 6.61 Å². The van der Waals surface area contributed by atoms with Crippen LogP contribution in [0, 0.1) is 5.92 Å². The number of aliphatic hydroxyl groups excluding tert-OH is 1. The van der Waals surface area contributed by atoms with E-state index >= 15 is 0 Å². The van der Waals surface area contributed by atoms with Crippen LogP contribution in [-0.2, 0) is 16.8 Å². The van der Waals surface area contributed by atoms with Gasteiger partial charge in [0.1, 0.15) is 0 Å². The fourth-order valence-electron chi connectivity index (χ4n) is 2.80. The maximum atomic E-state index is 9.14. The van der Waals surface area contributed by atoms with Gasteiger partial charge >= 0.3 is 0 Å². The van der Waals surface area contributed by atoms with Crippen molar-refractivity contribution in [3.05, 3.63) is 35.4 Å². The fraction of sp³-hybridized carbons (Fsp3) is 0.667. The minimum Gasteiger partial charge on any atom is -0.396 e. The van der Waals surface area contributed by atoms with E-state index in [1.54, 1.807) is 0 Å². The molecule has 1 aromatic rings. The molecule has 0 heterocycles. The third-order valence-electron chi connectivity index (χ3n) is 4.36. The molecule has 1 saturated carbocycles. The van der Waals surface area contributed by atoms with Crippen LogP contribution in [0.15, 0.2) is 24.3 Å². The summed E-state index contributed by atoms with van der Waals surface area (Å²) < 4.78 is 6.01. The lowest BCUT2D eigenvalue weighted by Gasteiger charge is -2.27. The molecule has 0 saturated heterocycles. The number of hydrogen-bond acceptors (Lipinski definition) is 2. The van der Waals surface area contributed by atoms with Gasteiger partial charge in [0.15, 0.2) is 0 Å². The van der Waals surface area contributed by atoms with Crippen molar-refractivity contribution >= 4 is 0 Å². The van der Waals surface area contributed by atoms with Gasteiger partial charge in [-0.3, -0.25) is 0 Å². The Bertz CT molecular complexity index is 394. The minimum atomic E-state index is 0.210. The zero-order valence-corrected chi connectivity index (χ0v) is 13.1. The van der Waals surface area contributed by atoms with Crippen LogP contribution in [0.3, 0.4) is 0 Å². The fourth-order valence-corrected chi connectivity index (χ4v) is 2.80. The summed E-state index contributed by atoms with van der Waals surface area (Å²) in [5.74, 6) is 0.501. The lowest BCUT2D eigenvalue weighted by molar-refractivity contribution is 0.00119. The average molecular weight is 276 g/mol. The van der Waals surface area contributed by atoms with Crippen molar-refractivity contribution in [3.63, 3.8) is 0 Å². The predicted molar refractivity (Wildman–Crippen MR) is 82.8 cm³/mol. The Morgan fingerprint density at radius 1 is 1.05 bits per heavy atom. The second-order valence-electron chi connectivity index (χ2n) is 7.08. The van der Waals surface area contributed by atoms with E-state index < -0.39 is 0 Å². The normalized spacial score (nSPS) is 23.8. The molecule has 0 aromatic heterocycles. The molecular weight excluding hydrogens is 248 g/mol. The van der Waals surface area contributed by atoms with Crippen LogP contribution in [-0.4, -0.2) is 17.8 Å². The molecule has 20 heavy (non-hydrogen) atoms. The van der Waals surface area contributed by atoms with E-state index in [9.17, 15) is 0 Å². The van der Waals surface area contributed by atoms with E-state index in [0.29, 0.717) is 25.2 Å². The van der Waals surface area contributed by atoms with Crippen LogP contribution in [0.5, 0.6) is 0 Å². The summed E-state index contributed by atoms with van der Waals surface area (Å²) in [7, 11) is 0. The summed E-state index contributed by atoms with van der Waals surface area (Å²) in [5.41, 5.74) is 2.83. The first-order valence-corrected chi connectivity index (χ1v) is 7.81. The van der Waals surface area contributed by atoms with Crippen molar-refractivity contribution < 1.29 is 9.84 Å². The molecule has 1 N–H and O–H groups in total. The second-order valence-corrected chi connectivity index (χ2v) is 7.08. The molecule has 0 spiro atoms. The molecule has 0 atom stereocenters. The molecule has 0 radical (unpaired) electrons. The molecule has 2 heteroatoms. The Labute approximate surface area is 123 Å². The van der Waals surface area contributed by atoms with Crippen LogP contribution < -0.4 is 0 Å². The zero-order chi connectivity index (χ0) is 14.6. The van der Waals surface area contributed by atoms with Crippen molar-refractivity contribution in [3.8, 4) is 0 Å². The Morgan fingerprint density at radius 2 is 1.65 bits per heavy atom. The van der Waals surface area contributed by atoms with Crippen molar-refractivity contribution in [2.75, 3.05) is 6.61 Å². The Kier molecular flexibility index (Phi) is 5.22. The summed E-state index contributed by atoms with van der Waals surface area (Å²) >= 11 is 0. The molecule has 0 bridgehead atoms. The van der Waals surface area contributed by atoms with E-state index in [0.717, 1.165) is 25.7 Å². The Morgan fingerprint density at radius 3 is 2.15 bits per heavy atom. The van der Waals surface area contributed by atoms with Crippen LogP contribution in [0.25, 0.3) is 0 Å². The molecule has 1 aromatic carbocycles. The molecule has 0 unspecified atom stereocenters. The van der Waals surface area contributed by atoms with E-state index in [2.05, 4.69) is 45.0 Å². The molecule has 0 amide bonds. The van der Waals surface area contributed by atoms with Gasteiger partial charge in [0.2, 0.25) is 0 Å². The van der Waals surface area contributed by atoms with E-state index in [-0.39, 0.29) is 5.41 Å². The number of benzene rings is 1. The van der Waals surface area contributed by atoms with E-state index in [1.807, 2.05) is 0 Å². The van der Waals surface area contributed by atoms with Crippen molar-refractivity contribution in [2.24, 2.45) is 5.92 Å². The highest BCUT2D eigenvalue weighted by Gasteiger charge is 2.21. The monoisotopic (exact) mass is 276 g/mol. The smallest absolute Gasteiger partial charge is 0.0720 e. The third-order valence-corrected chi connectivity index (χ3v) is 4.36. The summed E-state index contributed by atoms with van der Waals surface area (Å²) in [4.78, 5) is 0. The highest BCUT2D eigenvalue weighted by Crippen LogP contribution is 2.27. The maximum Gasteiger partial charge on any atom is 0.0720 e. The van der Waals surface area contributed by atoms with Crippen LogP contribution >= 0.6 is 0 Å². The highest BCUT2D eigenvalue weighted by atomic mass is 16.5. The molecule has 1 fully saturated rings. The average Bonchev–Trinajstić information content (AvgIpc) is 2.45. The predicted octanol–water partition coefficient (Wildman–Crippen LogP) is 4.05. The summed E-state index contributed by atoms with van der Waals surface area (Å²) in [6, 6.07) is 8.78. The lowest BCUT2D eigenvalue weighted by atomic mass is 9.87. The SMILES string of the molecule is CC(C)(C)c1ccc(COC2CCC(CO)CC2)cc1. The van der Waals surface area contributed by atoms with Gasteiger partial charge < -0.3 is 9.84 Å². The first-order chi connectivity index (χ1) is 9.49. The van der Waals surface area contributed by atoms with Gasteiger partial charge in [-0.05, 0) is 48.1 Å². The summed E-state index contributed by atoms with van der Waals surface area (Å²) in [5, 5.41) is 9.14. The standard InChI is InChI=1S/C18H28O2/c1-18(2,3)16-8-4-15(5-9-16)13-20-17-10-6-14(12-19)7-11-17/h4-5,8-9,14,17,19H,6-7,10-13H2,1-3H3. The molecule has 1 aliphatic carbocycles. The third kappa shape index (κ3) is 4.32. The van der Waals surface area contributed by atoms with Gasteiger partial charge in [0.25, 0.3) is 0 Å². The van der Waals surface area contributed by atoms with Crippen LogP contribution in [0.1, 0.15) is 57.6 Å². The number of ether oxygens (including phenoxy) is 1. The zero-order valence-electron chi connectivity index (χ0n) is 13.1. The first-order valence-electron chi connectivity index (χ1n) is 7.81. The maximum absolute atomic E-state index is 9.14. The molecule has 2 nitrogen and oxygen atoms in total. The topological polar surface area (TPSA) is 29.5 Å². The largest absolute Gasteiger partial charge is 0.396 e. The summed E-state index contributed by atoms with van der Waals surface area (Å²) in [6.45, 7) is 7.74. The molecular formula is C18H28O2. The van der Waals surface area contributed by atoms with E-state index in [4.69, 9.17) is 9.84 Å². The van der Waals surface area contributed by atoms with Gasteiger partial charge in [-0.15, -0.1) is 0 Å². The van der Waals surface area contributed by atoms with E-state index in [1.165, 1.54) is 11.1 Å². The first kappa shape index (κ1) is 15.5. The Hall–Kier alpha value is -0.860. The van der Waals surface area contributed by atoms with Crippen LogP contribution in [0.4, 0.5) is 0 Å². The lowest BCUT2D eigenvalue weighted by Crippen LogP contribution is -2.23. The minimum absolute atomic E-state index is 0.210. The number of aliphatic hydroxyl groups is 1. The van der Waals surface area contributed by atoms with Gasteiger partial charge in [-0.25, -0.2) is 0 Å². The Balaban J connectivity index is 1.80. The van der Waals surface area contributed by atoms with Crippen molar-refractivity contribution in [1.29, 1.82) is 0 Å². The molecule has 1 aliphatic rings. The quantitative estimate of drug-likeness (QED) is 0.899. The molecule has 2 rings (SSSR count). The van der Waals surface area contributed by atoms with Crippen molar-refractivity contribution in [2.45, 2.75) is 64.6 Å². The summed E-state index contributed by atoms with van der Waals surface area (Å²) in [6.07, 6.45) is 4.75. The van der Waals surface area contributed by atoms with Crippen molar-refractivity contribution in [1.82, 2.24) is 0 Å². The number of hydrogen-bond donors (Lipinski definition) is 1. The number of rotatable bonds is 4.